The van der Waals surface area contributed by atoms with Crippen molar-refractivity contribution in [2.75, 3.05) is 7.11 Å². The second-order valence-electron chi connectivity index (χ2n) is 7.69. The Balaban J connectivity index is 1.96. The molecule has 1 N–H and O–H groups in total. The van der Waals surface area contributed by atoms with Crippen LogP contribution < -0.4 is 9.47 Å². The molecule has 4 nitrogen and oxygen atoms in total. The van der Waals surface area contributed by atoms with Crippen LogP contribution in [-0.2, 0) is 4.74 Å². The predicted octanol–water partition coefficient (Wildman–Crippen LogP) is 4.17. The number of aliphatic hydroxyl groups is 1. The highest BCUT2D eigenvalue weighted by molar-refractivity contribution is 5.44. The highest BCUT2D eigenvalue weighted by Crippen LogP contribution is 2.53. The Kier molecular flexibility index (Phi) is 4.95. The van der Waals surface area contributed by atoms with Crippen LogP contribution in [0.2, 0.25) is 0 Å². The van der Waals surface area contributed by atoms with Gasteiger partial charge in [0.25, 0.3) is 0 Å². The van der Waals surface area contributed by atoms with Gasteiger partial charge >= 0.3 is 6.61 Å². The Labute approximate surface area is 147 Å². The fraction of sp³-hybridized carbons (Fsp3) is 0.684. The lowest BCUT2D eigenvalue weighted by atomic mass is 9.63. The van der Waals surface area contributed by atoms with Crippen LogP contribution in [-0.4, -0.2) is 30.5 Å². The first kappa shape index (κ1) is 18.4. The molecule has 0 aromatic heterocycles. The summed E-state index contributed by atoms with van der Waals surface area (Å²) in [6.07, 6.45) is 1.04. The highest BCUT2D eigenvalue weighted by Gasteiger charge is 2.50. The van der Waals surface area contributed by atoms with Crippen molar-refractivity contribution in [3.63, 3.8) is 0 Å². The van der Waals surface area contributed by atoms with Crippen LogP contribution in [0.5, 0.6) is 11.5 Å². The number of hydrogen-bond acceptors (Lipinski definition) is 4. The molecule has 1 aliphatic carbocycles. The van der Waals surface area contributed by atoms with Crippen molar-refractivity contribution >= 4 is 0 Å². The zero-order valence-corrected chi connectivity index (χ0v) is 15.0. The molecule has 140 valence electrons. The fourth-order valence-corrected chi connectivity index (χ4v) is 4.28. The lowest BCUT2D eigenvalue weighted by Crippen LogP contribution is -2.52. The summed E-state index contributed by atoms with van der Waals surface area (Å²) in [4.78, 5) is 0. The maximum absolute atomic E-state index is 12.7. The third-order valence-corrected chi connectivity index (χ3v) is 5.90. The highest BCUT2D eigenvalue weighted by atomic mass is 19.3. The van der Waals surface area contributed by atoms with Crippen molar-refractivity contribution in [1.82, 2.24) is 0 Å². The van der Waals surface area contributed by atoms with E-state index in [1.54, 1.807) is 12.1 Å². The molecule has 25 heavy (non-hydrogen) atoms. The molecule has 2 bridgehead atoms. The van der Waals surface area contributed by atoms with Crippen LogP contribution in [0, 0.1) is 17.8 Å². The number of rotatable bonds is 4. The Morgan fingerprint density at radius 1 is 1.24 bits per heavy atom. The van der Waals surface area contributed by atoms with Crippen molar-refractivity contribution in [3.05, 3.63) is 23.8 Å². The van der Waals surface area contributed by atoms with Crippen molar-refractivity contribution in [1.29, 1.82) is 0 Å². The SMILES string of the molecule is COc1ccc([C@@H]2OC(C)(C)C3CC2[C@H](C)[C@@H](O)C3)cc1OC(F)F. The molecule has 3 rings (SSSR count). The molecule has 0 spiro atoms. The van der Waals surface area contributed by atoms with Crippen molar-refractivity contribution in [2.24, 2.45) is 17.8 Å². The van der Waals surface area contributed by atoms with Gasteiger partial charge in [0.1, 0.15) is 0 Å². The third-order valence-electron chi connectivity index (χ3n) is 5.90. The van der Waals surface area contributed by atoms with Gasteiger partial charge in [0, 0.05) is 0 Å². The minimum atomic E-state index is -2.92. The van der Waals surface area contributed by atoms with E-state index in [0.29, 0.717) is 0 Å². The number of alkyl halides is 2. The van der Waals surface area contributed by atoms with E-state index >= 15 is 0 Å². The number of methoxy groups -OCH3 is 1. The van der Waals surface area contributed by atoms with Crippen molar-refractivity contribution in [2.45, 2.75) is 58.0 Å². The zero-order valence-electron chi connectivity index (χ0n) is 15.0. The van der Waals surface area contributed by atoms with E-state index in [-0.39, 0.29) is 47.1 Å². The largest absolute Gasteiger partial charge is 0.493 e. The Bertz CT molecular complexity index is 619. The molecule has 6 heteroatoms. The minimum absolute atomic E-state index is 0.00235. The molecule has 2 unspecified atom stereocenters. The van der Waals surface area contributed by atoms with Gasteiger partial charge in [-0.3, -0.25) is 0 Å². The van der Waals surface area contributed by atoms with E-state index < -0.39 is 6.61 Å². The van der Waals surface area contributed by atoms with Crippen LogP contribution in [0.25, 0.3) is 0 Å². The summed E-state index contributed by atoms with van der Waals surface area (Å²) in [6, 6.07) is 5.02. The average Bonchev–Trinajstić information content (AvgIpc) is 2.54. The standard InChI is InChI=1S/C19H26F2O4/c1-10-13-8-12(9-14(10)22)19(2,3)25-17(13)11-5-6-15(23-4)16(7-11)24-18(20)21/h5-7,10,12-14,17-18,22H,8-9H2,1-4H3/t10-,12?,13?,14-,17-/m0/s1. The summed E-state index contributed by atoms with van der Waals surface area (Å²) in [7, 11) is 1.41. The first-order chi connectivity index (χ1) is 11.7. The quantitative estimate of drug-likeness (QED) is 0.880. The maximum atomic E-state index is 12.7. The molecule has 1 aliphatic heterocycles. The summed E-state index contributed by atoms with van der Waals surface area (Å²) in [5.74, 6) is 0.764. The second kappa shape index (κ2) is 6.72. The van der Waals surface area contributed by atoms with Crippen LogP contribution in [0.15, 0.2) is 18.2 Å². The second-order valence-corrected chi connectivity index (χ2v) is 7.69. The normalized spacial score (nSPS) is 34.0. The molecule has 1 aromatic carbocycles. The number of ether oxygens (including phenoxy) is 3. The van der Waals surface area contributed by atoms with Crippen LogP contribution >= 0.6 is 0 Å². The molecule has 0 radical (unpaired) electrons. The molecule has 1 aromatic rings. The van der Waals surface area contributed by atoms with Gasteiger partial charge in [0.2, 0.25) is 0 Å². The first-order valence-electron chi connectivity index (χ1n) is 8.71. The van der Waals surface area contributed by atoms with Gasteiger partial charge in [0.05, 0.1) is 24.9 Å². The van der Waals surface area contributed by atoms with Gasteiger partial charge in [-0.2, -0.15) is 8.78 Å². The van der Waals surface area contributed by atoms with E-state index in [4.69, 9.17) is 9.47 Å². The Morgan fingerprint density at radius 3 is 2.60 bits per heavy atom. The minimum Gasteiger partial charge on any atom is -0.493 e. The fourth-order valence-electron chi connectivity index (χ4n) is 4.28. The number of halogens is 2. The summed E-state index contributed by atoms with van der Waals surface area (Å²) >= 11 is 0. The summed E-state index contributed by atoms with van der Waals surface area (Å²) in [5, 5.41) is 10.4. The molecule has 1 saturated heterocycles. The molecule has 2 fully saturated rings. The lowest BCUT2D eigenvalue weighted by molar-refractivity contribution is -0.215. The number of fused-ring (bicyclic) bond motifs is 2. The monoisotopic (exact) mass is 356 g/mol. The average molecular weight is 356 g/mol. The van der Waals surface area contributed by atoms with Gasteiger partial charge in [-0.25, -0.2) is 0 Å². The topological polar surface area (TPSA) is 47.9 Å². The summed E-state index contributed by atoms with van der Waals surface area (Å²) < 4.78 is 41.5. The summed E-state index contributed by atoms with van der Waals surface area (Å²) in [6.45, 7) is 3.17. The van der Waals surface area contributed by atoms with Gasteiger partial charge in [-0.05, 0) is 62.1 Å². The van der Waals surface area contributed by atoms with E-state index in [9.17, 15) is 13.9 Å². The summed E-state index contributed by atoms with van der Waals surface area (Å²) in [5.41, 5.74) is 0.389. The Hall–Kier alpha value is -1.40. The predicted molar refractivity (Wildman–Crippen MR) is 88.9 cm³/mol. The van der Waals surface area contributed by atoms with Crippen LogP contribution in [0.4, 0.5) is 8.78 Å². The number of aliphatic hydroxyl groups excluding tert-OH is 1. The van der Waals surface area contributed by atoms with E-state index in [1.807, 2.05) is 26.8 Å². The smallest absolute Gasteiger partial charge is 0.387 e. The molecule has 0 amide bonds. The van der Waals surface area contributed by atoms with E-state index in [1.165, 1.54) is 7.11 Å². The van der Waals surface area contributed by atoms with E-state index in [0.717, 1.165) is 18.4 Å². The number of hydrogen-bond donors (Lipinski definition) is 1. The molecular formula is C19H26F2O4. The molecule has 5 atom stereocenters. The van der Waals surface area contributed by atoms with E-state index in [2.05, 4.69) is 4.74 Å². The Morgan fingerprint density at radius 2 is 1.96 bits per heavy atom. The van der Waals surface area contributed by atoms with Crippen LogP contribution in [0.1, 0.15) is 45.3 Å². The molecular weight excluding hydrogens is 330 g/mol. The van der Waals surface area contributed by atoms with Crippen LogP contribution in [0.3, 0.4) is 0 Å². The first-order valence-corrected chi connectivity index (χ1v) is 8.71. The third kappa shape index (κ3) is 3.47. The maximum Gasteiger partial charge on any atom is 0.387 e. The number of benzene rings is 1. The van der Waals surface area contributed by atoms with Gasteiger partial charge < -0.3 is 19.3 Å². The molecule has 1 heterocycles. The van der Waals surface area contributed by atoms with Crippen molar-refractivity contribution in [3.8, 4) is 11.5 Å². The van der Waals surface area contributed by atoms with Gasteiger partial charge in [-0.15, -0.1) is 0 Å². The zero-order chi connectivity index (χ0) is 18.4. The van der Waals surface area contributed by atoms with Gasteiger partial charge in [0.15, 0.2) is 11.5 Å². The molecule has 2 aliphatic rings. The lowest BCUT2D eigenvalue weighted by Gasteiger charge is -2.53. The van der Waals surface area contributed by atoms with Crippen molar-refractivity contribution < 1.29 is 28.1 Å². The molecule has 1 saturated carbocycles. The van der Waals surface area contributed by atoms with Gasteiger partial charge in [-0.1, -0.05) is 13.0 Å².